The molecule has 2 heterocycles. The third-order valence-corrected chi connectivity index (χ3v) is 4.06. The average molecular weight is 322 g/mol. The van der Waals surface area contributed by atoms with Crippen molar-refractivity contribution in [2.75, 3.05) is 0 Å². The number of carbonyl (C=O) groups excluding carboxylic acids is 1. The molecular formula is C18H18N4O2. The van der Waals surface area contributed by atoms with E-state index in [9.17, 15) is 4.79 Å². The van der Waals surface area contributed by atoms with Gasteiger partial charge in [0.25, 0.3) is 5.91 Å². The molecule has 1 amide bonds. The number of pyridine rings is 2. The van der Waals surface area contributed by atoms with Crippen molar-refractivity contribution >= 4 is 5.91 Å². The number of hydrogen-bond donors (Lipinski definition) is 1. The Labute approximate surface area is 140 Å². The fraction of sp³-hybridized carbons (Fsp3) is 0.333. The summed E-state index contributed by atoms with van der Waals surface area (Å²) in [5, 5.41) is 11.8. The Morgan fingerprint density at radius 3 is 2.62 bits per heavy atom. The number of rotatable bonds is 4. The van der Waals surface area contributed by atoms with Crippen LogP contribution in [0.3, 0.4) is 0 Å². The molecule has 1 aliphatic carbocycles. The Balaban J connectivity index is 1.47. The Kier molecular flexibility index (Phi) is 5.02. The largest absolute Gasteiger partial charge is 0.474 e. The van der Waals surface area contributed by atoms with Crippen LogP contribution in [0.1, 0.15) is 41.7 Å². The number of ether oxygens (including phenoxy) is 1. The second kappa shape index (κ2) is 7.55. The van der Waals surface area contributed by atoms with Gasteiger partial charge in [-0.25, -0.2) is 4.98 Å². The van der Waals surface area contributed by atoms with Crippen LogP contribution >= 0.6 is 0 Å². The molecule has 1 fully saturated rings. The van der Waals surface area contributed by atoms with Crippen LogP contribution in [0.15, 0.2) is 42.7 Å². The lowest BCUT2D eigenvalue weighted by atomic mass is 9.93. The molecular weight excluding hydrogens is 304 g/mol. The van der Waals surface area contributed by atoms with E-state index in [1.807, 2.05) is 6.07 Å². The van der Waals surface area contributed by atoms with Gasteiger partial charge in [0.05, 0.1) is 5.56 Å². The fourth-order valence-electron chi connectivity index (χ4n) is 2.77. The summed E-state index contributed by atoms with van der Waals surface area (Å²) in [5.74, 6) is 0.406. The third-order valence-electron chi connectivity index (χ3n) is 4.06. The van der Waals surface area contributed by atoms with Gasteiger partial charge in [0.2, 0.25) is 5.88 Å². The molecule has 24 heavy (non-hydrogen) atoms. The molecule has 0 atom stereocenters. The summed E-state index contributed by atoms with van der Waals surface area (Å²) in [7, 11) is 0. The van der Waals surface area contributed by atoms with Gasteiger partial charge >= 0.3 is 0 Å². The second-order valence-electron chi connectivity index (χ2n) is 5.78. The minimum Gasteiger partial charge on any atom is -0.474 e. The highest BCUT2D eigenvalue weighted by Gasteiger charge is 2.24. The Bertz CT molecular complexity index is 717. The number of nitrogens with zero attached hydrogens (tertiary/aromatic N) is 3. The molecule has 2 aromatic heterocycles. The SMILES string of the molecule is N#Cc1ccc(OC2CCC(NC(=O)c3ccccn3)CC2)nc1. The van der Waals surface area contributed by atoms with Crippen molar-refractivity contribution in [2.45, 2.75) is 37.8 Å². The molecule has 0 spiro atoms. The van der Waals surface area contributed by atoms with E-state index in [0.717, 1.165) is 25.7 Å². The fourth-order valence-corrected chi connectivity index (χ4v) is 2.77. The highest BCUT2D eigenvalue weighted by atomic mass is 16.5. The number of amides is 1. The average Bonchev–Trinajstić information content (AvgIpc) is 2.65. The highest BCUT2D eigenvalue weighted by Crippen LogP contribution is 2.23. The maximum atomic E-state index is 12.1. The molecule has 3 rings (SSSR count). The van der Waals surface area contributed by atoms with Crippen LogP contribution in [0.25, 0.3) is 0 Å². The smallest absolute Gasteiger partial charge is 0.270 e. The number of carbonyl (C=O) groups is 1. The summed E-state index contributed by atoms with van der Waals surface area (Å²) in [4.78, 5) is 20.3. The van der Waals surface area contributed by atoms with Crippen LogP contribution in [0.5, 0.6) is 5.88 Å². The topological polar surface area (TPSA) is 87.9 Å². The Morgan fingerprint density at radius 2 is 2.00 bits per heavy atom. The van der Waals surface area contributed by atoms with E-state index in [0.29, 0.717) is 17.1 Å². The summed E-state index contributed by atoms with van der Waals surface area (Å²) in [6.07, 6.45) is 6.65. The van der Waals surface area contributed by atoms with Crippen LogP contribution < -0.4 is 10.1 Å². The van der Waals surface area contributed by atoms with Crippen molar-refractivity contribution in [2.24, 2.45) is 0 Å². The van der Waals surface area contributed by atoms with Gasteiger partial charge in [0, 0.05) is 24.5 Å². The monoisotopic (exact) mass is 322 g/mol. The zero-order valence-electron chi connectivity index (χ0n) is 13.2. The van der Waals surface area contributed by atoms with Crippen LogP contribution in [0.4, 0.5) is 0 Å². The van der Waals surface area contributed by atoms with Gasteiger partial charge in [0.15, 0.2) is 0 Å². The normalized spacial score (nSPS) is 20.0. The van der Waals surface area contributed by atoms with E-state index < -0.39 is 0 Å². The number of aromatic nitrogens is 2. The lowest BCUT2D eigenvalue weighted by Crippen LogP contribution is -2.40. The molecule has 0 aromatic carbocycles. The summed E-state index contributed by atoms with van der Waals surface area (Å²) in [5.41, 5.74) is 0.959. The van der Waals surface area contributed by atoms with Crippen LogP contribution in [0.2, 0.25) is 0 Å². The molecule has 0 radical (unpaired) electrons. The first-order valence-corrected chi connectivity index (χ1v) is 7.99. The summed E-state index contributed by atoms with van der Waals surface area (Å²) >= 11 is 0. The first-order valence-electron chi connectivity index (χ1n) is 7.99. The lowest BCUT2D eigenvalue weighted by Gasteiger charge is -2.29. The van der Waals surface area contributed by atoms with Crippen LogP contribution in [-0.4, -0.2) is 28.0 Å². The van der Waals surface area contributed by atoms with Gasteiger partial charge in [-0.05, 0) is 43.9 Å². The zero-order valence-corrected chi connectivity index (χ0v) is 13.2. The van der Waals surface area contributed by atoms with Crippen molar-refractivity contribution in [3.8, 4) is 11.9 Å². The summed E-state index contributed by atoms with van der Waals surface area (Å²) < 4.78 is 5.85. The van der Waals surface area contributed by atoms with Gasteiger partial charge in [-0.2, -0.15) is 5.26 Å². The minimum atomic E-state index is -0.131. The molecule has 6 nitrogen and oxygen atoms in total. The summed E-state index contributed by atoms with van der Waals surface area (Å²) in [6, 6.07) is 10.9. The van der Waals surface area contributed by atoms with E-state index in [1.54, 1.807) is 36.5 Å². The predicted octanol–water partition coefficient (Wildman–Crippen LogP) is 2.47. The van der Waals surface area contributed by atoms with Crippen molar-refractivity contribution in [3.63, 3.8) is 0 Å². The van der Waals surface area contributed by atoms with E-state index in [4.69, 9.17) is 10.00 Å². The quantitative estimate of drug-likeness (QED) is 0.934. The molecule has 1 saturated carbocycles. The minimum absolute atomic E-state index is 0.0911. The van der Waals surface area contributed by atoms with Gasteiger partial charge in [-0.15, -0.1) is 0 Å². The molecule has 6 heteroatoms. The van der Waals surface area contributed by atoms with Gasteiger partial charge in [0.1, 0.15) is 17.9 Å². The highest BCUT2D eigenvalue weighted by molar-refractivity contribution is 5.92. The molecule has 1 N–H and O–H groups in total. The first-order chi connectivity index (χ1) is 11.7. The van der Waals surface area contributed by atoms with E-state index in [-0.39, 0.29) is 18.1 Å². The molecule has 0 aliphatic heterocycles. The number of hydrogen-bond acceptors (Lipinski definition) is 5. The van der Waals surface area contributed by atoms with Crippen LogP contribution in [-0.2, 0) is 0 Å². The Hall–Kier alpha value is -2.94. The van der Waals surface area contributed by atoms with Crippen molar-refractivity contribution in [1.29, 1.82) is 5.26 Å². The predicted molar refractivity (Wildman–Crippen MR) is 87.3 cm³/mol. The Morgan fingerprint density at radius 1 is 1.17 bits per heavy atom. The number of nitrogens with one attached hydrogen (secondary N) is 1. The molecule has 122 valence electrons. The number of nitriles is 1. The molecule has 2 aromatic rings. The molecule has 0 unspecified atom stereocenters. The zero-order chi connectivity index (χ0) is 16.8. The third kappa shape index (κ3) is 4.07. The van der Waals surface area contributed by atoms with Gasteiger partial charge < -0.3 is 10.1 Å². The first kappa shape index (κ1) is 15.9. The van der Waals surface area contributed by atoms with E-state index in [1.165, 1.54) is 6.20 Å². The van der Waals surface area contributed by atoms with E-state index in [2.05, 4.69) is 15.3 Å². The van der Waals surface area contributed by atoms with Crippen molar-refractivity contribution in [3.05, 3.63) is 54.0 Å². The second-order valence-corrected chi connectivity index (χ2v) is 5.78. The maximum absolute atomic E-state index is 12.1. The van der Waals surface area contributed by atoms with Crippen molar-refractivity contribution in [1.82, 2.24) is 15.3 Å². The maximum Gasteiger partial charge on any atom is 0.270 e. The molecule has 0 saturated heterocycles. The standard InChI is InChI=1S/C18H18N4O2/c19-11-13-4-9-17(21-12-13)24-15-7-5-14(6-8-15)22-18(23)16-3-1-2-10-20-16/h1-4,9-10,12,14-15H,5-8H2,(H,22,23). The lowest BCUT2D eigenvalue weighted by molar-refractivity contribution is 0.0885. The van der Waals surface area contributed by atoms with E-state index >= 15 is 0 Å². The van der Waals surface area contributed by atoms with Gasteiger partial charge in [-0.1, -0.05) is 6.07 Å². The molecule has 1 aliphatic rings. The van der Waals surface area contributed by atoms with Crippen molar-refractivity contribution < 1.29 is 9.53 Å². The summed E-state index contributed by atoms with van der Waals surface area (Å²) in [6.45, 7) is 0. The van der Waals surface area contributed by atoms with Crippen LogP contribution in [0, 0.1) is 11.3 Å². The van der Waals surface area contributed by atoms with Gasteiger partial charge in [-0.3, -0.25) is 9.78 Å². The molecule has 0 bridgehead atoms.